The van der Waals surface area contributed by atoms with Gasteiger partial charge in [-0.2, -0.15) is 0 Å². The van der Waals surface area contributed by atoms with Crippen LogP contribution in [0, 0.1) is 0 Å². The summed E-state index contributed by atoms with van der Waals surface area (Å²) < 4.78 is 0. The van der Waals surface area contributed by atoms with Crippen molar-refractivity contribution in [3.8, 4) is 0 Å². The first-order valence-corrected chi connectivity index (χ1v) is 9.10. The normalized spacial score (nSPS) is 24.2. The number of nitrogens with two attached hydrogens (primary N) is 1. The number of nitrogens with one attached hydrogen (secondary N) is 1. The number of rotatable bonds is 4. The fourth-order valence-corrected chi connectivity index (χ4v) is 3.91. The lowest BCUT2D eigenvalue weighted by atomic mass is 9.95. The van der Waals surface area contributed by atoms with Gasteiger partial charge in [-0.1, -0.05) is 30.3 Å². The number of carbonyl (C=O) groups is 2. The summed E-state index contributed by atoms with van der Waals surface area (Å²) in [6, 6.07) is 10.5. The van der Waals surface area contributed by atoms with Gasteiger partial charge in [-0.15, -0.1) is 12.4 Å². The van der Waals surface area contributed by atoms with Crippen molar-refractivity contribution in [2.45, 2.75) is 37.8 Å². The molecule has 2 atom stereocenters. The molecule has 144 valence electrons. The summed E-state index contributed by atoms with van der Waals surface area (Å²) in [5.74, 6) is 0.456. The fraction of sp³-hybridized carbons (Fsp3) is 0.579. The molecule has 0 radical (unpaired) electrons. The largest absolute Gasteiger partial charge is 0.352 e. The third kappa shape index (κ3) is 5.19. The molecule has 1 aromatic rings. The van der Waals surface area contributed by atoms with Crippen molar-refractivity contribution in [2.24, 2.45) is 5.73 Å². The highest BCUT2D eigenvalue weighted by atomic mass is 35.5. The second-order valence-electron chi connectivity index (χ2n) is 7.22. The Hall–Kier alpha value is -1.63. The number of piperidine rings is 1. The Kier molecular flexibility index (Phi) is 7.43. The van der Waals surface area contributed by atoms with Crippen LogP contribution >= 0.6 is 12.4 Å². The monoisotopic (exact) mass is 380 g/mol. The van der Waals surface area contributed by atoms with Crippen LogP contribution < -0.4 is 11.1 Å². The average Bonchev–Trinajstić information content (AvgIpc) is 2.96. The van der Waals surface area contributed by atoms with Crippen LogP contribution in [0.25, 0.3) is 0 Å². The van der Waals surface area contributed by atoms with Gasteiger partial charge in [0, 0.05) is 51.1 Å². The van der Waals surface area contributed by atoms with Crippen molar-refractivity contribution in [1.29, 1.82) is 0 Å². The Balaban J connectivity index is 0.00000243. The summed E-state index contributed by atoms with van der Waals surface area (Å²) in [5, 5.41) is 3.12. The molecule has 2 heterocycles. The predicted molar refractivity (Wildman–Crippen MR) is 104 cm³/mol. The quantitative estimate of drug-likeness (QED) is 0.815. The lowest BCUT2D eigenvalue weighted by molar-refractivity contribution is -0.130. The van der Waals surface area contributed by atoms with Gasteiger partial charge < -0.3 is 16.0 Å². The van der Waals surface area contributed by atoms with Gasteiger partial charge in [-0.3, -0.25) is 14.5 Å². The SMILES string of the molecule is CC(=O)N1CCC(NC(=O)CN2C[C@@H](N)[C@H](c3ccccc3)C2)CC1.Cl. The van der Waals surface area contributed by atoms with Crippen LogP contribution in [0.1, 0.15) is 31.2 Å². The third-order valence-corrected chi connectivity index (χ3v) is 5.34. The van der Waals surface area contributed by atoms with Gasteiger partial charge in [-0.05, 0) is 18.4 Å². The Morgan fingerprint density at radius 2 is 1.81 bits per heavy atom. The van der Waals surface area contributed by atoms with E-state index in [1.165, 1.54) is 5.56 Å². The summed E-state index contributed by atoms with van der Waals surface area (Å²) in [6.07, 6.45) is 1.66. The Bertz CT molecular complexity index is 605. The number of benzene rings is 1. The van der Waals surface area contributed by atoms with E-state index >= 15 is 0 Å². The van der Waals surface area contributed by atoms with Crippen molar-refractivity contribution in [1.82, 2.24) is 15.1 Å². The number of nitrogens with zero attached hydrogens (tertiary/aromatic N) is 2. The highest BCUT2D eigenvalue weighted by Gasteiger charge is 2.32. The lowest BCUT2D eigenvalue weighted by Gasteiger charge is -2.32. The molecule has 2 aliphatic rings. The summed E-state index contributed by atoms with van der Waals surface area (Å²) in [7, 11) is 0. The zero-order valence-electron chi connectivity index (χ0n) is 15.3. The second-order valence-corrected chi connectivity index (χ2v) is 7.22. The lowest BCUT2D eigenvalue weighted by Crippen LogP contribution is -2.48. The van der Waals surface area contributed by atoms with Crippen LogP contribution in [0.15, 0.2) is 30.3 Å². The number of amides is 2. The molecule has 6 nitrogen and oxygen atoms in total. The first-order valence-electron chi connectivity index (χ1n) is 9.10. The molecule has 3 N–H and O–H groups in total. The second kappa shape index (κ2) is 9.35. The van der Waals surface area contributed by atoms with Crippen LogP contribution in [0.4, 0.5) is 0 Å². The topological polar surface area (TPSA) is 78.7 Å². The number of likely N-dealkylation sites (tertiary alicyclic amines) is 2. The maximum Gasteiger partial charge on any atom is 0.234 e. The Labute approximate surface area is 161 Å². The van der Waals surface area contributed by atoms with Crippen LogP contribution in [0.2, 0.25) is 0 Å². The van der Waals surface area contributed by atoms with E-state index in [9.17, 15) is 9.59 Å². The van der Waals surface area contributed by atoms with Crippen LogP contribution in [-0.2, 0) is 9.59 Å². The minimum absolute atomic E-state index is 0. The predicted octanol–water partition coefficient (Wildman–Crippen LogP) is 0.962. The van der Waals surface area contributed by atoms with E-state index < -0.39 is 0 Å². The zero-order valence-corrected chi connectivity index (χ0v) is 16.1. The van der Waals surface area contributed by atoms with E-state index in [-0.39, 0.29) is 42.2 Å². The van der Waals surface area contributed by atoms with Gasteiger partial charge in [0.1, 0.15) is 0 Å². The molecule has 1 aromatic carbocycles. The van der Waals surface area contributed by atoms with E-state index in [0.717, 1.165) is 39.0 Å². The smallest absolute Gasteiger partial charge is 0.234 e. The van der Waals surface area contributed by atoms with Crippen LogP contribution in [0.5, 0.6) is 0 Å². The summed E-state index contributed by atoms with van der Waals surface area (Å²) >= 11 is 0. The van der Waals surface area contributed by atoms with E-state index in [2.05, 4.69) is 22.3 Å². The minimum Gasteiger partial charge on any atom is -0.352 e. The molecule has 0 unspecified atom stereocenters. The van der Waals surface area contributed by atoms with Crippen molar-refractivity contribution in [2.75, 3.05) is 32.7 Å². The molecular formula is C19H29ClN4O2. The van der Waals surface area contributed by atoms with Gasteiger partial charge in [0.15, 0.2) is 0 Å². The molecule has 0 saturated carbocycles. The molecule has 3 rings (SSSR count). The summed E-state index contributed by atoms with van der Waals surface area (Å²) in [6.45, 7) is 5.01. The highest BCUT2D eigenvalue weighted by Crippen LogP contribution is 2.26. The highest BCUT2D eigenvalue weighted by molar-refractivity contribution is 5.85. The number of hydrogen-bond donors (Lipinski definition) is 2. The third-order valence-electron chi connectivity index (χ3n) is 5.34. The maximum absolute atomic E-state index is 12.4. The number of carbonyl (C=O) groups excluding carboxylic acids is 2. The van der Waals surface area contributed by atoms with Crippen LogP contribution in [-0.4, -0.2) is 66.4 Å². The van der Waals surface area contributed by atoms with Gasteiger partial charge in [0.2, 0.25) is 11.8 Å². The molecular weight excluding hydrogens is 352 g/mol. The van der Waals surface area contributed by atoms with Gasteiger partial charge >= 0.3 is 0 Å². The molecule has 2 fully saturated rings. The van der Waals surface area contributed by atoms with Gasteiger partial charge in [0.05, 0.1) is 6.54 Å². The molecule has 0 aromatic heterocycles. The molecule has 2 saturated heterocycles. The van der Waals surface area contributed by atoms with E-state index in [4.69, 9.17) is 5.73 Å². The first-order chi connectivity index (χ1) is 12.0. The average molecular weight is 381 g/mol. The standard InChI is InChI=1S/C19H28N4O2.ClH/c1-14(24)23-9-7-16(8-10-23)21-19(25)13-22-11-17(18(20)12-22)15-5-3-2-4-6-15;/h2-6,16-18H,7-13,20H2,1H3,(H,21,25);1H/t17-,18+;/m0./s1. The number of hydrogen-bond acceptors (Lipinski definition) is 4. The van der Waals surface area contributed by atoms with Crippen molar-refractivity contribution < 1.29 is 9.59 Å². The van der Waals surface area contributed by atoms with Crippen molar-refractivity contribution in [3.05, 3.63) is 35.9 Å². The molecule has 0 aliphatic carbocycles. The van der Waals surface area contributed by atoms with Crippen molar-refractivity contribution >= 4 is 24.2 Å². The maximum atomic E-state index is 12.4. The van der Waals surface area contributed by atoms with E-state index in [1.54, 1.807) is 6.92 Å². The van der Waals surface area contributed by atoms with E-state index in [1.807, 2.05) is 23.1 Å². The first kappa shape index (κ1) is 20.7. The molecule has 7 heteroatoms. The zero-order chi connectivity index (χ0) is 17.8. The van der Waals surface area contributed by atoms with Gasteiger partial charge in [-0.25, -0.2) is 0 Å². The van der Waals surface area contributed by atoms with Crippen molar-refractivity contribution in [3.63, 3.8) is 0 Å². The Morgan fingerprint density at radius 1 is 1.15 bits per heavy atom. The Morgan fingerprint density at radius 3 is 2.42 bits per heavy atom. The van der Waals surface area contributed by atoms with E-state index in [0.29, 0.717) is 6.54 Å². The van der Waals surface area contributed by atoms with Crippen LogP contribution in [0.3, 0.4) is 0 Å². The molecule has 26 heavy (non-hydrogen) atoms. The summed E-state index contributed by atoms with van der Waals surface area (Å²) in [4.78, 5) is 27.7. The molecule has 0 spiro atoms. The number of halogens is 1. The van der Waals surface area contributed by atoms with Gasteiger partial charge in [0.25, 0.3) is 0 Å². The molecule has 0 bridgehead atoms. The minimum atomic E-state index is 0. The fourth-order valence-electron chi connectivity index (χ4n) is 3.91. The summed E-state index contributed by atoms with van der Waals surface area (Å²) in [5.41, 5.74) is 7.54. The molecule has 2 amide bonds. The molecule has 2 aliphatic heterocycles.